The van der Waals surface area contributed by atoms with E-state index < -0.39 is 17.5 Å². The lowest BCUT2D eigenvalue weighted by Gasteiger charge is -2.20. The molecule has 29 heavy (non-hydrogen) atoms. The number of fused-ring (bicyclic) bond motifs is 1. The number of rotatable bonds is 7. The number of benzene rings is 2. The SMILES string of the molecule is CC[NH+](CC(=O)Nc1ccc2c(c1)OCCO2)CC(=O)Nc1ccc(F)cc1F. The number of nitrogens with one attached hydrogen (secondary N) is 3. The Kier molecular flexibility index (Phi) is 6.61. The highest BCUT2D eigenvalue weighted by Crippen LogP contribution is 2.32. The van der Waals surface area contributed by atoms with E-state index in [9.17, 15) is 18.4 Å². The number of quaternary nitrogens is 1. The highest BCUT2D eigenvalue weighted by atomic mass is 19.1. The number of halogens is 2. The van der Waals surface area contributed by atoms with E-state index in [-0.39, 0.29) is 24.7 Å². The molecule has 2 amide bonds. The molecule has 0 radical (unpaired) electrons. The van der Waals surface area contributed by atoms with Crippen LogP contribution in [-0.4, -0.2) is 44.7 Å². The van der Waals surface area contributed by atoms with Gasteiger partial charge in [0.05, 0.1) is 12.2 Å². The van der Waals surface area contributed by atoms with Crippen LogP contribution in [0.15, 0.2) is 36.4 Å². The maximum Gasteiger partial charge on any atom is 0.279 e. The number of hydrogen-bond acceptors (Lipinski definition) is 4. The molecular weight excluding hydrogens is 384 g/mol. The van der Waals surface area contributed by atoms with Gasteiger partial charge in [-0.1, -0.05) is 0 Å². The highest BCUT2D eigenvalue weighted by Gasteiger charge is 2.19. The van der Waals surface area contributed by atoms with E-state index in [1.807, 2.05) is 6.92 Å². The summed E-state index contributed by atoms with van der Waals surface area (Å²) in [5, 5.41) is 5.16. The Morgan fingerprint density at radius 3 is 2.34 bits per heavy atom. The lowest BCUT2D eigenvalue weighted by Crippen LogP contribution is -3.13. The number of likely N-dealkylation sites (N-methyl/N-ethyl adjacent to an activating group) is 1. The zero-order valence-electron chi connectivity index (χ0n) is 15.9. The van der Waals surface area contributed by atoms with E-state index in [2.05, 4.69) is 10.6 Å². The van der Waals surface area contributed by atoms with Crippen LogP contribution in [0.3, 0.4) is 0 Å². The molecule has 0 fully saturated rings. The van der Waals surface area contributed by atoms with Crippen LogP contribution in [0, 0.1) is 11.6 Å². The molecule has 1 heterocycles. The quantitative estimate of drug-likeness (QED) is 0.646. The first-order valence-corrected chi connectivity index (χ1v) is 9.22. The summed E-state index contributed by atoms with van der Waals surface area (Å²) in [4.78, 5) is 25.2. The molecule has 0 aromatic heterocycles. The zero-order chi connectivity index (χ0) is 20.8. The van der Waals surface area contributed by atoms with Gasteiger partial charge in [0.15, 0.2) is 24.6 Å². The lowest BCUT2D eigenvalue weighted by atomic mass is 10.2. The lowest BCUT2D eigenvalue weighted by molar-refractivity contribution is -0.881. The summed E-state index contributed by atoms with van der Waals surface area (Å²) in [5.41, 5.74) is 0.458. The fraction of sp³-hybridized carbons (Fsp3) is 0.300. The standard InChI is InChI=1S/C20H21F2N3O4/c1-2-25(12-20(27)24-16-5-3-13(21)9-15(16)22)11-19(26)23-14-4-6-17-18(10-14)29-8-7-28-17/h3-6,9-10H,2,7-8,11-12H2,1H3,(H,23,26)(H,24,27)/p+1. The van der Waals surface area contributed by atoms with Crippen LogP contribution < -0.4 is 25.0 Å². The fourth-order valence-corrected chi connectivity index (χ4v) is 2.88. The number of anilines is 2. The van der Waals surface area contributed by atoms with E-state index in [0.717, 1.165) is 12.1 Å². The minimum Gasteiger partial charge on any atom is -0.486 e. The molecule has 3 N–H and O–H groups in total. The van der Waals surface area contributed by atoms with Crippen molar-refractivity contribution in [3.05, 3.63) is 48.0 Å². The van der Waals surface area contributed by atoms with Gasteiger partial charge in [-0.3, -0.25) is 9.59 Å². The van der Waals surface area contributed by atoms with E-state index in [0.29, 0.717) is 47.9 Å². The normalized spacial score (nSPS) is 13.5. The van der Waals surface area contributed by atoms with Gasteiger partial charge in [-0.05, 0) is 31.2 Å². The van der Waals surface area contributed by atoms with Gasteiger partial charge in [0.2, 0.25) is 0 Å². The predicted octanol–water partition coefficient (Wildman–Crippen LogP) is 1.22. The van der Waals surface area contributed by atoms with E-state index in [1.54, 1.807) is 18.2 Å². The Labute approximate surface area is 166 Å². The van der Waals surface area contributed by atoms with Crippen LogP contribution in [0.4, 0.5) is 20.2 Å². The molecule has 0 bridgehead atoms. The number of amides is 2. The summed E-state index contributed by atoms with van der Waals surface area (Å²) < 4.78 is 37.5. The minimum absolute atomic E-state index is 0.0398. The molecule has 1 unspecified atom stereocenters. The van der Waals surface area contributed by atoms with Gasteiger partial charge >= 0.3 is 0 Å². The average molecular weight is 406 g/mol. The maximum absolute atomic E-state index is 13.7. The van der Waals surface area contributed by atoms with E-state index >= 15 is 0 Å². The second-order valence-corrected chi connectivity index (χ2v) is 6.54. The Bertz CT molecular complexity index is 907. The molecule has 0 saturated carbocycles. The molecule has 2 aromatic rings. The minimum atomic E-state index is -0.854. The fourth-order valence-electron chi connectivity index (χ4n) is 2.88. The van der Waals surface area contributed by atoms with E-state index in [1.165, 1.54) is 0 Å². The highest BCUT2D eigenvalue weighted by molar-refractivity contribution is 5.93. The van der Waals surface area contributed by atoms with Crippen LogP contribution in [0.2, 0.25) is 0 Å². The van der Waals surface area contributed by atoms with Crippen molar-refractivity contribution in [1.82, 2.24) is 0 Å². The van der Waals surface area contributed by atoms with Crippen LogP contribution in [0.5, 0.6) is 11.5 Å². The Morgan fingerprint density at radius 2 is 1.66 bits per heavy atom. The van der Waals surface area contributed by atoms with Crippen molar-refractivity contribution in [2.75, 3.05) is 43.5 Å². The molecule has 0 aliphatic carbocycles. The summed E-state index contributed by atoms with van der Waals surface area (Å²) >= 11 is 0. The van der Waals surface area contributed by atoms with Gasteiger partial charge in [-0.25, -0.2) is 8.78 Å². The van der Waals surface area contributed by atoms with Crippen molar-refractivity contribution in [3.63, 3.8) is 0 Å². The molecule has 0 spiro atoms. The molecule has 0 saturated heterocycles. The molecular formula is C20H22F2N3O4+. The van der Waals surface area contributed by atoms with Crippen LogP contribution in [-0.2, 0) is 9.59 Å². The first-order chi connectivity index (χ1) is 13.9. The molecule has 3 rings (SSSR count). The van der Waals surface area contributed by atoms with E-state index in [4.69, 9.17) is 9.47 Å². The van der Waals surface area contributed by atoms with Crippen molar-refractivity contribution in [3.8, 4) is 11.5 Å². The second-order valence-electron chi connectivity index (χ2n) is 6.54. The van der Waals surface area contributed by atoms with Gasteiger partial charge in [0.25, 0.3) is 11.8 Å². The monoisotopic (exact) mass is 406 g/mol. The number of ether oxygens (including phenoxy) is 2. The van der Waals surface area contributed by atoms with Crippen LogP contribution >= 0.6 is 0 Å². The molecule has 1 aliphatic rings. The summed E-state index contributed by atoms with van der Waals surface area (Å²) in [6.07, 6.45) is 0. The summed E-state index contributed by atoms with van der Waals surface area (Å²) in [6.45, 7) is 3.28. The van der Waals surface area contributed by atoms with Gasteiger partial charge in [0, 0.05) is 17.8 Å². The predicted molar refractivity (Wildman–Crippen MR) is 102 cm³/mol. The van der Waals surface area contributed by atoms with Crippen LogP contribution in [0.1, 0.15) is 6.92 Å². The number of hydrogen-bond donors (Lipinski definition) is 3. The molecule has 7 nitrogen and oxygen atoms in total. The molecule has 154 valence electrons. The van der Waals surface area contributed by atoms with Crippen molar-refractivity contribution in [1.29, 1.82) is 0 Å². The summed E-state index contributed by atoms with van der Waals surface area (Å²) in [5.74, 6) is -1.14. The molecule has 1 aliphatic heterocycles. The van der Waals surface area contributed by atoms with Gasteiger partial charge in [0.1, 0.15) is 24.8 Å². The maximum atomic E-state index is 13.7. The third-order valence-corrected chi connectivity index (χ3v) is 4.35. The Balaban J connectivity index is 1.53. The van der Waals surface area contributed by atoms with Crippen LogP contribution in [0.25, 0.3) is 0 Å². The Hall–Kier alpha value is -3.20. The van der Waals surface area contributed by atoms with Crippen molar-refractivity contribution in [2.45, 2.75) is 6.92 Å². The van der Waals surface area contributed by atoms with Gasteiger partial charge in [-0.15, -0.1) is 0 Å². The number of carbonyl (C=O) groups excluding carboxylic acids is 2. The topological polar surface area (TPSA) is 81.1 Å². The molecule has 9 heteroatoms. The summed E-state index contributed by atoms with van der Waals surface area (Å²) in [6, 6.07) is 8.02. The average Bonchev–Trinajstić information content (AvgIpc) is 2.69. The van der Waals surface area contributed by atoms with Gasteiger partial charge in [-0.2, -0.15) is 0 Å². The largest absolute Gasteiger partial charge is 0.486 e. The zero-order valence-corrected chi connectivity index (χ0v) is 15.9. The molecule has 1 atom stereocenters. The van der Waals surface area contributed by atoms with Gasteiger partial charge < -0.3 is 25.0 Å². The molecule has 2 aromatic carbocycles. The second kappa shape index (κ2) is 9.33. The summed E-state index contributed by atoms with van der Waals surface area (Å²) in [7, 11) is 0. The number of carbonyl (C=O) groups is 2. The third-order valence-electron chi connectivity index (χ3n) is 4.35. The third kappa shape index (κ3) is 5.64. The first-order valence-electron chi connectivity index (χ1n) is 9.22. The first kappa shape index (κ1) is 20.5. The van der Waals surface area contributed by atoms with Crippen molar-refractivity contribution >= 4 is 23.2 Å². The Morgan fingerprint density at radius 1 is 0.966 bits per heavy atom. The van der Waals surface area contributed by atoms with Crippen molar-refractivity contribution < 1.29 is 32.7 Å². The smallest absolute Gasteiger partial charge is 0.279 e. The van der Waals surface area contributed by atoms with Crippen molar-refractivity contribution in [2.24, 2.45) is 0 Å².